The predicted octanol–water partition coefficient (Wildman–Crippen LogP) is 2.78. The van der Waals surface area contributed by atoms with Crippen LogP contribution in [0.5, 0.6) is 0 Å². The van der Waals surface area contributed by atoms with Crippen LogP contribution < -0.4 is 0 Å². The van der Waals surface area contributed by atoms with Crippen LogP contribution in [0.25, 0.3) is 0 Å². The van der Waals surface area contributed by atoms with Gasteiger partial charge in [0.15, 0.2) is 0 Å². The molecule has 29 heavy (non-hydrogen) atoms. The van der Waals surface area contributed by atoms with Crippen LogP contribution in [0.3, 0.4) is 0 Å². The van der Waals surface area contributed by atoms with Crippen molar-refractivity contribution in [3.05, 3.63) is 34.9 Å². The molecule has 0 radical (unpaired) electrons. The number of ether oxygens (including phenoxy) is 3. The highest BCUT2D eigenvalue weighted by Crippen LogP contribution is 2.30. The smallest absolute Gasteiger partial charge is 0.410 e. The lowest BCUT2D eigenvalue weighted by atomic mass is 9.94. The molecule has 1 amide bonds. The molecule has 0 N–H and O–H groups in total. The Bertz CT molecular complexity index is 803. The van der Waals surface area contributed by atoms with Gasteiger partial charge in [0.05, 0.1) is 24.3 Å². The second kappa shape index (κ2) is 7.61. The van der Waals surface area contributed by atoms with Crippen molar-refractivity contribution < 1.29 is 23.8 Å². The van der Waals surface area contributed by atoms with E-state index in [0.717, 1.165) is 30.6 Å². The number of piperazine rings is 1. The summed E-state index contributed by atoms with van der Waals surface area (Å²) in [5, 5.41) is 0. The summed E-state index contributed by atoms with van der Waals surface area (Å²) in [6.07, 6.45) is 0.356. The average Bonchev–Trinajstić information content (AvgIpc) is 2.65. The molecule has 1 unspecified atom stereocenters. The number of hydrogen-bond acceptors (Lipinski definition) is 6. The largest absolute Gasteiger partial charge is 0.459 e. The number of rotatable bonds is 1. The van der Waals surface area contributed by atoms with Crippen LogP contribution >= 0.6 is 0 Å². The van der Waals surface area contributed by atoms with Crippen molar-refractivity contribution in [2.75, 3.05) is 32.8 Å². The Hall–Kier alpha value is -2.12. The molecule has 3 aliphatic heterocycles. The van der Waals surface area contributed by atoms with E-state index in [1.54, 1.807) is 4.90 Å². The van der Waals surface area contributed by atoms with Crippen LogP contribution in [0, 0.1) is 0 Å². The van der Waals surface area contributed by atoms with Crippen molar-refractivity contribution in [3.63, 3.8) is 0 Å². The van der Waals surface area contributed by atoms with Crippen LogP contribution in [0.2, 0.25) is 0 Å². The van der Waals surface area contributed by atoms with E-state index in [1.165, 1.54) is 0 Å². The van der Waals surface area contributed by atoms with Gasteiger partial charge in [0, 0.05) is 32.6 Å². The van der Waals surface area contributed by atoms with E-state index in [-0.39, 0.29) is 30.3 Å². The highest BCUT2D eigenvalue weighted by atomic mass is 16.6. The maximum atomic E-state index is 12.4. The van der Waals surface area contributed by atoms with E-state index in [4.69, 9.17) is 14.2 Å². The first-order valence-electron chi connectivity index (χ1n) is 10.4. The molecular weight excluding hydrogens is 372 g/mol. The molecule has 3 atom stereocenters. The normalized spacial score (nSPS) is 27.7. The van der Waals surface area contributed by atoms with Gasteiger partial charge in [-0.25, -0.2) is 9.59 Å². The van der Waals surface area contributed by atoms with Crippen molar-refractivity contribution in [2.45, 2.75) is 58.0 Å². The zero-order chi connectivity index (χ0) is 20.8. The van der Waals surface area contributed by atoms with E-state index in [0.29, 0.717) is 25.3 Å². The first kappa shape index (κ1) is 20.2. The Morgan fingerprint density at radius 2 is 2.00 bits per heavy atom. The van der Waals surface area contributed by atoms with E-state index >= 15 is 0 Å². The topological polar surface area (TPSA) is 68.3 Å². The van der Waals surface area contributed by atoms with E-state index < -0.39 is 5.60 Å². The summed E-state index contributed by atoms with van der Waals surface area (Å²) in [6, 6.07) is 6.10. The van der Waals surface area contributed by atoms with Gasteiger partial charge in [-0.15, -0.1) is 0 Å². The maximum absolute atomic E-state index is 12.4. The standard InChI is InChI=1S/C22H30N2O5/c1-14-9-16-10-15(5-6-18(16)20(25)28-14)19-12-23-7-8-24(11-17(23)13-27-19)21(26)29-22(2,3)4/h5-6,10,14,17,19H,7-9,11-13H2,1-4H3/t14-,17-,19?/m0/s1. The van der Waals surface area contributed by atoms with Gasteiger partial charge in [-0.05, 0) is 44.9 Å². The molecule has 1 aromatic rings. The van der Waals surface area contributed by atoms with Crippen molar-refractivity contribution in [3.8, 4) is 0 Å². The third kappa shape index (κ3) is 4.41. The molecule has 158 valence electrons. The minimum Gasteiger partial charge on any atom is -0.459 e. The number of fused-ring (bicyclic) bond motifs is 2. The number of morpholine rings is 1. The van der Waals surface area contributed by atoms with Crippen LogP contribution in [0.1, 0.15) is 55.3 Å². The third-order valence-corrected chi connectivity index (χ3v) is 5.68. The van der Waals surface area contributed by atoms with Gasteiger partial charge in [-0.1, -0.05) is 12.1 Å². The van der Waals surface area contributed by atoms with Crippen LogP contribution in [0.4, 0.5) is 4.79 Å². The molecule has 7 nitrogen and oxygen atoms in total. The summed E-state index contributed by atoms with van der Waals surface area (Å²) in [7, 11) is 0. The monoisotopic (exact) mass is 402 g/mol. The molecule has 0 spiro atoms. The molecule has 2 saturated heterocycles. The number of benzene rings is 1. The Labute approximate surface area is 171 Å². The zero-order valence-corrected chi connectivity index (χ0v) is 17.6. The lowest BCUT2D eigenvalue weighted by Gasteiger charge is -2.46. The van der Waals surface area contributed by atoms with Gasteiger partial charge in [-0.3, -0.25) is 4.90 Å². The lowest BCUT2D eigenvalue weighted by Crippen LogP contribution is -2.60. The Morgan fingerprint density at radius 1 is 1.21 bits per heavy atom. The van der Waals surface area contributed by atoms with Gasteiger partial charge >= 0.3 is 12.1 Å². The Kier molecular flexibility index (Phi) is 5.29. The summed E-state index contributed by atoms with van der Waals surface area (Å²) in [6.45, 7) is 11.0. The van der Waals surface area contributed by atoms with E-state index in [9.17, 15) is 9.59 Å². The second-order valence-corrected chi connectivity index (χ2v) is 9.23. The minimum absolute atomic E-state index is 0.0297. The summed E-state index contributed by atoms with van der Waals surface area (Å²) in [4.78, 5) is 28.6. The van der Waals surface area contributed by atoms with Gasteiger partial charge < -0.3 is 19.1 Å². The first-order valence-corrected chi connectivity index (χ1v) is 10.4. The molecule has 3 aliphatic rings. The molecule has 0 saturated carbocycles. The number of cyclic esters (lactones) is 1. The fraction of sp³-hybridized carbons (Fsp3) is 0.636. The lowest BCUT2D eigenvalue weighted by molar-refractivity contribution is -0.0906. The molecule has 0 aliphatic carbocycles. The molecule has 0 bridgehead atoms. The minimum atomic E-state index is -0.487. The summed E-state index contributed by atoms with van der Waals surface area (Å²) in [5.41, 5.74) is 2.30. The molecule has 3 heterocycles. The summed E-state index contributed by atoms with van der Waals surface area (Å²) in [5.74, 6) is -0.242. The van der Waals surface area contributed by atoms with E-state index in [2.05, 4.69) is 11.0 Å². The first-order chi connectivity index (χ1) is 13.7. The number of esters is 1. The second-order valence-electron chi connectivity index (χ2n) is 9.23. The number of amides is 1. The molecule has 0 aromatic heterocycles. The van der Waals surface area contributed by atoms with Gasteiger partial charge in [0.2, 0.25) is 0 Å². The average molecular weight is 402 g/mol. The van der Waals surface area contributed by atoms with Gasteiger partial charge in [-0.2, -0.15) is 0 Å². The highest BCUT2D eigenvalue weighted by molar-refractivity contribution is 5.92. The highest BCUT2D eigenvalue weighted by Gasteiger charge is 2.37. The van der Waals surface area contributed by atoms with E-state index in [1.807, 2.05) is 39.8 Å². The van der Waals surface area contributed by atoms with Crippen molar-refractivity contribution in [1.29, 1.82) is 0 Å². The number of nitrogens with zero attached hydrogens (tertiary/aromatic N) is 2. The Balaban J connectivity index is 1.40. The van der Waals surface area contributed by atoms with Gasteiger partial charge in [0.1, 0.15) is 11.7 Å². The van der Waals surface area contributed by atoms with Gasteiger partial charge in [0.25, 0.3) is 0 Å². The maximum Gasteiger partial charge on any atom is 0.410 e. The molecular formula is C22H30N2O5. The Morgan fingerprint density at radius 3 is 2.76 bits per heavy atom. The van der Waals surface area contributed by atoms with Crippen LogP contribution in [0.15, 0.2) is 18.2 Å². The summed E-state index contributed by atoms with van der Waals surface area (Å²) >= 11 is 0. The number of carbonyl (C=O) groups excluding carboxylic acids is 2. The zero-order valence-electron chi connectivity index (χ0n) is 17.6. The summed E-state index contributed by atoms with van der Waals surface area (Å²) < 4.78 is 17.0. The SMILES string of the molecule is C[C@H]1Cc2cc(C3CN4CCN(C(=O)OC(C)(C)C)C[C@H]4CO3)ccc2C(=O)O1. The molecule has 2 fully saturated rings. The predicted molar refractivity (Wildman–Crippen MR) is 107 cm³/mol. The van der Waals surface area contributed by atoms with Crippen molar-refractivity contribution >= 4 is 12.1 Å². The third-order valence-electron chi connectivity index (χ3n) is 5.68. The quantitative estimate of drug-likeness (QED) is 0.673. The molecule has 1 aromatic carbocycles. The fourth-order valence-corrected chi connectivity index (χ4v) is 4.26. The van der Waals surface area contributed by atoms with Crippen LogP contribution in [-0.4, -0.2) is 72.4 Å². The van der Waals surface area contributed by atoms with Crippen LogP contribution in [-0.2, 0) is 20.6 Å². The van der Waals surface area contributed by atoms with Crippen molar-refractivity contribution in [1.82, 2.24) is 9.80 Å². The van der Waals surface area contributed by atoms with Crippen molar-refractivity contribution in [2.24, 2.45) is 0 Å². The number of hydrogen-bond donors (Lipinski definition) is 0. The number of carbonyl (C=O) groups is 2. The molecule has 4 rings (SSSR count). The molecule has 7 heteroatoms. The fourth-order valence-electron chi connectivity index (χ4n) is 4.26.